The lowest BCUT2D eigenvalue weighted by molar-refractivity contribution is 0.515. The summed E-state index contributed by atoms with van der Waals surface area (Å²) < 4.78 is 0. The standard InChI is InChI=1S/C14H20ClN/c15-14-10-4-1-6-12(14)7-5-11-16-13-8-2-3-9-13/h1,4,6,10,13,16H,2-3,5,7-9,11H2. The Balaban J connectivity index is 1.66. The molecule has 1 saturated carbocycles. The Kier molecular flexibility index (Phi) is 4.68. The van der Waals surface area contributed by atoms with E-state index in [4.69, 9.17) is 11.6 Å². The molecule has 0 heterocycles. The number of hydrogen-bond donors (Lipinski definition) is 1. The van der Waals surface area contributed by atoms with Gasteiger partial charge in [-0.15, -0.1) is 0 Å². The highest BCUT2D eigenvalue weighted by Crippen LogP contribution is 2.18. The van der Waals surface area contributed by atoms with Gasteiger partial charge in [0.1, 0.15) is 0 Å². The second kappa shape index (κ2) is 6.27. The molecule has 0 unspecified atom stereocenters. The van der Waals surface area contributed by atoms with Crippen molar-refractivity contribution in [1.29, 1.82) is 0 Å². The van der Waals surface area contributed by atoms with Gasteiger partial charge in [0, 0.05) is 11.1 Å². The first-order valence-corrected chi connectivity index (χ1v) is 6.71. The van der Waals surface area contributed by atoms with Gasteiger partial charge in [0.05, 0.1) is 0 Å². The normalized spacial score (nSPS) is 16.8. The molecule has 0 saturated heterocycles. The highest BCUT2D eigenvalue weighted by Gasteiger charge is 2.13. The lowest BCUT2D eigenvalue weighted by Gasteiger charge is -2.11. The van der Waals surface area contributed by atoms with E-state index in [0.717, 1.165) is 24.0 Å². The molecule has 1 fully saturated rings. The summed E-state index contributed by atoms with van der Waals surface area (Å²) in [4.78, 5) is 0. The van der Waals surface area contributed by atoms with Crippen LogP contribution in [0.15, 0.2) is 24.3 Å². The fourth-order valence-electron chi connectivity index (χ4n) is 2.42. The van der Waals surface area contributed by atoms with Crippen LogP contribution >= 0.6 is 11.6 Å². The maximum atomic E-state index is 6.11. The van der Waals surface area contributed by atoms with E-state index < -0.39 is 0 Å². The molecule has 1 aromatic rings. The molecule has 0 radical (unpaired) electrons. The van der Waals surface area contributed by atoms with Gasteiger partial charge in [-0.25, -0.2) is 0 Å². The Morgan fingerprint density at radius 1 is 1.19 bits per heavy atom. The van der Waals surface area contributed by atoms with E-state index >= 15 is 0 Å². The minimum atomic E-state index is 0.784. The lowest BCUT2D eigenvalue weighted by Crippen LogP contribution is -2.27. The summed E-state index contributed by atoms with van der Waals surface area (Å²) in [6.07, 6.45) is 7.81. The average molecular weight is 238 g/mol. The lowest BCUT2D eigenvalue weighted by atomic mass is 10.1. The van der Waals surface area contributed by atoms with Crippen molar-refractivity contribution in [2.24, 2.45) is 0 Å². The molecule has 1 N–H and O–H groups in total. The Morgan fingerprint density at radius 2 is 1.94 bits per heavy atom. The van der Waals surface area contributed by atoms with Gasteiger partial charge in [-0.2, -0.15) is 0 Å². The van der Waals surface area contributed by atoms with Gasteiger partial charge in [-0.05, 0) is 43.9 Å². The van der Waals surface area contributed by atoms with Crippen molar-refractivity contribution in [2.45, 2.75) is 44.6 Å². The number of benzene rings is 1. The fraction of sp³-hybridized carbons (Fsp3) is 0.571. The monoisotopic (exact) mass is 237 g/mol. The Morgan fingerprint density at radius 3 is 2.69 bits per heavy atom. The zero-order valence-corrected chi connectivity index (χ0v) is 10.5. The first-order chi connectivity index (χ1) is 7.86. The molecular formula is C14H20ClN. The number of rotatable bonds is 5. The summed E-state index contributed by atoms with van der Waals surface area (Å²) in [5, 5.41) is 4.53. The molecule has 0 spiro atoms. The van der Waals surface area contributed by atoms with Crippen molar-refractivity contribution in [3.8, 4) is 0 Å². The molecule has 0 aromatic heterocycles. The van der Waals surface area contributed by atoms with E-state index in [1.807, 2.05) is 12.1 Å². The second-order valence-electron chi connectivity index (χ2n) is 4.63. The van der Waals surface area contributed by atoms with Crippen molar-refractivity contribution in [3.63, 3.8) is 0 Å². The van der Waals surface area contributed by atoms with E-state index in [1.165, 1.54) is 37.7 Å². The molecule has 1 aliphatic rings. The Labute approximate surface area is 103 Å². The molecule has 0 amide bonds. The van der Waals surface area contributed by atoms with Crippen LogP contribution in [0.2, 0.25) is 5.02 Å². The van der Waals surface area contributed by atoms with Gasteiger partial charge >= 0.3 is 0 Å². The predicted molar refractivity (Wildman–Crippen MR) is 70.0 cm³/mol. The van der Waals surface area contributed by atoms with Crippen LogP contribution in [0.3, 0.4) is 0 Å². The van der Waals surface area contributed by atoms with Gasteiger partial charge in [-0.3, -0.25) is 0 Å². The highest BCUT2D eigenvalue weighted by atomic mass is 35.5. The zero-order valence-electron chi connectivity index (χ0n) is 9.71. The summed E-state index contributed by atoms with van der Waals surface area (Å²) in [5.74, 6) is 0. The molecule has 1 aromatic carbocycles. The number of nitrogens with one attached hydrogen (secondary N) is 1. The Hall–Kier alpha value is -0.530. The molecule has 0 atom stereocenters. The molecule has 1 nitrogen and oxygen atoms in total. The smallest absolute Gasteiger partial charge is 0.0437 e. The first kappa shape index (κ1) is 11.9. The highest BCUT2D eigenvalue weighted by molar-refractivity contribution is 6.31. The van der Waals surface area contributed by atoms with Crippen LogP contribution < -0.4 is 5.32 Å². The zero-order chi connectivity index (χ0) is 11.2. The number of halogens is 1. The van der Waals surface area contributed by atoms with Crippen LogP contribution in [0, 0.1) is 0 Å². The van der Waals surface area contributed by atoms with Crippen LogP contribution in [0.4, 0.5) is 0 Å². The predicted octanol–water partition coefficient (Wildman–Crippen LogP) is 3.80. The molecule has 88 valence electrons. The average Bonchev–Trinajstić information content (AvgIpc) is 2.79. The number of hydrogen-bond acceptors (Lipinski definition) is 1. The van der Waals surface area contributed by atoms with Crippen molar-refractivity contribution < 1.29 is 0 Å². The summed E-state index contributed by atoms with van der Waals surface area (Å²) in [6.45, 7) is 1.12. The van der Waals surface area contributed by atoms with Gasteiger partial charge < -0.3 is 5.32 Å². The fourth-order valence-corrected chi connectivity index (χ4v) is 2.65. The molecular weight excluding hydrogens is 218 g/mol. The molecule has 0 aliphatic heterocycles. The Bertz CT molecular complexity index is 318. The second-order valence-corrected chi connectivity index (χ2v) is 5.04. The van der Waals surface area contributed by atoms with Gasteiger partial charge in [-0.1, -0.05) is 42.6 Å². The van der Waals surface area contributed by atoms with Gasteiger partial charge in [0.15, 0.2) is 0 Å². The van der Waals surface area contributed by atoms with Crippen LogP contribution in [0.5, 0.6) is 0 Å². The maximum Gasteiger partial charge on any atom is 0.0437 e. The summed E-state index contributed by atoms with van der Waals surface area (Å²) in [7, 11) is 0. The molecule has 2 rings (SSSR count). The molecule has 2 heteroatoms. The SMILES string of the molecule is Clc1ccccc1CCCNC1CCCC1. The van der Waals surface area contributed by atoms with Crippen LogP contribution in [-0.2, 0) is 6.42 Å². The van der Waals surface area contributed by atoms with E-state index in [-0.39, 0.29) is 0 Å². The van der Waals surface area contributed by atoms with Gasteiger partial charge in [0.25, 0.3) is 0 Å². The van der Waals surface area contributed by atoms with Crippen LogP contribution in [0.25, 0.3) is 0 Å². The van der Waals surface area contributed by atoms with Crippen molar-refractivity contribution >= 4 is 11.6 Å². The number of aryl methyl sites for hydroxylation is 1. The third-order valence-corrected chi connectivity index (χ3v) is 3.74. The quantitative estimate of drug-likeness (QED) is 0.768. The van der Waals surface area contributed by atoms with E-state index in [9.17, 15) is 0 Å². The largest absolute Gasteiger partial charge is 0.314 e. The molecule has 16 heavy (non-hydrogen) atoms. The van der Waals surface area contributed by atoms with E-state index in [1.54, 1.807) is 0 Å². The van der Waals surface area contributed by atoms with Crippen LogP contribution in [-0.4, -0.2) is 12.6 Å². The summed E-state index contributed by atoms with van der Waals surface area (Å²) >= 11 is 6.11. The third kappa shape index (κ3) is 3.50. The van der Waals surface area contributed by atoms with Crippen molar-refractivity contribution in [1.82, 2.24) is 5.32 Å². The summed E-state index contributed by atoms with van der Waals surface area (Å²) in [5.41, 5.74) is 1.28. The van der Waals surface area contributed by atoms with Gasteiger partial charge in [0.2, 0.25) is 0 Å². The van der Waals surface area contributed by atoms with Crippen LogP contribution in [0.1, 0.15) is 37.7 Å². The van der Waals surface area contributed by atoms with Crippen molar-refractivity contribution in [2.75, 3.05) is 6.54 Å². The minimum Gasteiger partial charge on any atom is -0.314 e. The van der Waals surface area contributed by atoms with Crippen molar-refractivity contribution in [3.05, 3.63) is 34.9 Å². The molecule has 1 aliphatic carbocycles. The van der Waals surface area contributed by atoms with E-state index in [2.05, 4.69) is 17.4 Å². The maximum absolute atomic E-state index is 6.11. The topological polar surface area (TPSA) is 12.0 Å². The summed E-state index contributed by atoms with van der Waals surface area (Å²) in [6, 6.07) is 8.93. The minimum absolute atomic E-state index is 0.784. The third-order valence-electron chi connectivity index (χ3n) is 3.37. The molecule has 0 bridgehead atoms. The first-order valence-electron chi connectivity index (χ1n) is 6.33. The van der Waals surface area contributed by atoms with E-state index in [0.29, 0.717) is 0 Å².